The van der Waals surface area contributed by atoms with Crippen molar-refractivity contribution in [2.75, 3.05) is 19.0 Å². The fourth-order valence-corrected chi connectivity index (χ4v) is 4.72. The van der Waals surface area contributed by atoms with Gasteiger partial charge >= 0.3 is 0 Å². The average molecular weight is 480 g/mol. The van der Waals surface area contributed by atoms with Crippen LogP contribution in [0.4, 0.5) is 0 Å². The van der Waals surface area contributed by atoms with E-state index in [1.807, 2.05) is 30.3 Å². The number of allylic oxidation sites excluding steroid dienone is 1. The number of nitrogens with one attached hydrogen (secondary N) is 1. The monoisotopic (exact) mass is 479 g/mol. The van der Waals surface area contributed by atoms with Crippen LogP contribution < -0.4 is 20.3 Å². The number of thioether (sulfide) groups is 1. The summed E-state index contributed by atoms with van der Waals surface area (Å²) in [7, 11) is 0. The second-order valence-corrected chi connectivity index (χ2v) is 9.39. The van der Waals surface area contributed by atoms with Crippen molar-refractivity contribution in [2.45, 2.75) is 38.0 Å². The van der Waals surface area contributed by atoms with Crippen LogP contribution in [0.25, 0.3) is 10.9 Å². The van der Waals surface area contributed by atoms with E-state index in [1.165, 1.54) is 11.8 Å². The Hall–Kier alpha value is -3.26. The normalized spacial score (nSPS) is 14.0. The van der Waals surface area contributed by atoms with Crippen LogP contribution in [0.1, 0.15) is 31.9 Å². The Labute approximate surface area is 203 Å². The van der Waals surface area contributed by atoms with Gasteiger partial charge in [-0.15, -0.1) is 6.58 Å². The first-order valence-electron chi connectivity index (χ1n) is 11.4. The average Bonchev–Trinajstić information content (AvgIpc) is 3.08. The molecule has 0 bridgehead atoms. The summed E-state index contributed by atoms with van der Waals surface area (Å²) in [5, 5.41) is 4.18. The van der Waals surface area contributed by atoms with Crippen LogP contribution in [0.3, 0.4) is 0 Å². The van der Waals surface area contributed by atoms with E-state index in [-0.39, 0.29) is 29.2 Å². The molecule has 0 saturated carbocycles. The molecule has 0 radical (unpaired) electrons. The molecule has 2 aromatic carbocycles. The predicted molar refractivity (Wildman–Crippen MR) is 135 cm³/mol. The Morgan fingerprint density at radius 3 is 2.74 bits per heavy atom. The molecule has 0 fully saturated rings. The highest BCUT2D eigenvalue weighted by Gasteiger charge is 2.22. The van der Waals surface area contributed by atoms with Crippen LogP contribution in [0.15, 0.2) is 65.1 Å². The van der Waals surface area contributed by atoms with Gasteiger partial charge in [0.25, 0.3) is 5.56 Å². The lowest BCUT2D eigenvalue weighted by Gasteiger charge is -2.24. The third kappa shape index (κ3) is 5.28. The first-order chi connectivity index (χ1) is 16.5. The maximum absolute atomic E-state index is 12.9. The highest BCUT2D eigenvalue weighted by atomic mass is 32.2. The summed E-state index contributed by atoms with van der Waals surface area (Å²) < 4.78 is 13.1. The minimum atomic E-state index is -0.190. The van der Waals surface area contributed by atoms with Gasteiger partial charge in [-0.2, -0.15) is 0 Å². The van der Waals surface area contributed by atoms with Crippen LogP contribution in [-0.4, -0.2) is 34.4 Å². The molecule has 2 heterocycles. The van der Waals surface area contributed by atoms with E-state index in [9.17, 15) is 9.59 Å². The van der Waals surface area contributed by atoms with Gasteiger partial charge in [0.2, 0.25) is 5.91 Å². The minimum absolute atomic E-state index is 0.135. The number of carbonyl (C=O) groups excluding carboxylic acids is 1. The van der Waals surface area contributed by atoms with Crippen molar-refractivity contribution in [1.82, 2.24) is 14.9 Å². The smallest absolute Gasteiger partial charge is 0.262 e. The molecule has 8 heteroatoms. The molecule has 0 aliphatic carbocycles. The molecule has 0 spiro atoms. The van der Waals surface area contributed by atoms with Crippen LogP contribution in [0, 0.1) is 5.92 Å². The van der Waals surface area contributed by atoms with Gasteiger partial charge in [0.15, 0.2) is 16.7 Å². The van der Waals surface area contributed by atoms with Gasteiger partial charge in [-0.05, 0) is 35.7 Å². The van der Waals surface area contributed by atoms with E-state index in [0.29, 0.717) is 41.6 Å². The molecule has 1 aromatic heterocycles. The topological polar surface area (TPSA) is 82.5 Å². The maximum Gasteiger partial charge on any atom is 0.262 e. The van der Waals surface area contributed by atoms with Crippen molar-refractivity contribution in [3.63, 3.8) is 0 Å². The van der Waals surface area contributed by atoms with Crippen molar-refractivity contribution < 1.29 is 14.3 Å². The molecule has 1 aliphatic heterocycles. The molecular formula is C26H29N3O4S. The Morgan fingerprint density at radius 2 is 1.97 bits per heavy atom. The van der Waals surface area contributed by atoms with E-state index in [0.717, 1.165) is 17.7 Å². The number of ether oxygens (including phenoxy) is 2. The predicted octanol–water partition coefficient (Wildman–Crippen LogP) is 4.35. The Morgan fingerprint density at radius 1 is 1.21 bits per heavy atom. The number of rotatable bonds is 8. The molecule has 1 N–H and O–H groups in total. The molecule has 1 unspecified atom stereocenters. The highest BCUT2D eigenvalue weighted by Crippen LogP contribution is 2.34. The summed E-state index contributed by atoms with van der Waals surface area (Å²) in [4.78, 5) is 30.5. The van der Waals surface area contributed by atoms with Crippen molar-refractivity contribution in [1.29, 1.82) is 0 Å². The first-order valence-corrected chi connectivity index (χ1v) is 12.4. The van der Waals surface area contributed by atoms with E-state index < -0.39 is 0 Å². The zero-order valence-electron chi connectivity index (χ0n) is 19.5. The van der Waals surface area contributed by atoms with Crippen molar-refractivity contribution in [2.24, 2.45) is 5.92 Å². The molecule has 34 heavy (non-hydrogen) atoms. The minimum Gasteiger partial charge on any atom is -0.490 e. The van der Waals surface area contributed by atoms with Gasteiger partial charge in [-0.3, -0.25) is 14.2 Å². The molecule has 1 aliphatic rings. The standard InChI is InChI=1S/C26H29N3O4S/c1-4-12-29-25(31)19-8-5-6-9-20(19)27-26(29)34-16-23(30)28-24(17(2)3)18-10-11-21-22(15-18)33-14-7-13-32-21/h4-6,8-11,15,17,24H,1,7,12-14,16H2,2-3H3,(H,28,30). The number of benzene rings is 2. The number of hydrogen-bond donors (Lipinski definition) is 1. The van der Waals surface area contributed by atoms with Crippen LogP contribution >= 0.6 is 11.8 Å². The quantitative estimate of drug-likeness (QED) is 0.294. The van der Waals surface area contributed by atoms with E-state index >= 15 is 0 Å². The lowest BCUT2D eigenvalue weighted by molar-refractivity contribution is -0.119. The maximum atomic E-state index is 12.9. The van der Waals surface area contributed by atoms with Gasteiger partial charge in [0.05, 0.1) is 35.9 Å². The molecule has 3 aromatic rings. The second-order valence-electron chi connectivity index (χ2n) is 8.45. The number of carbonyl (C=O) groups is 1. The SMILES string of the molecule is C=CCn1c(SCC(=O)NC(c2ccc3c(c2)OCCCO3)C(C)C)nc2ccccc2c1=O. The largest absolute Gasteiger partial charge is 0.490 e. The summed E-state index contributed by atoms with van der Waals surface area (Å²) in [6.45, 7) is 9.44. The second kappa shape index (κ2) is 10.8. The molecule has 4 rings (SSSR count). The number of fused-ring (bicyclic) bond motifs is 2. The zero-order valence-corrected chi connectivity index (χ0v) is 20.3. The van der Waals surface area contributed by atoms with Crippen LogP contribution in [0.5, 0.6) is 11.5 Å². The van der Waals surface area contributed by atoms with Crippen LogP contribution in [-0.2, 0) is 11.3 Å². The van der Waals surface area contributed by atoms with Crippen molar-refractivity contribution >= 4 is 28.6 Å². The summed E-state index contributed by atoms with van der Waals surface area (Å²) >= 11 is 1.25. The molecule has 178 valence electrons. The molecule has 1 atom stereocenters. The third-order valence-electron chi connectivity index (χ3n) is 5.58. The van der Waals surface area contributed by atoms with Gasteiger partial charge < -0.3 is 14.8 Å². The van der Waals surface area contributed by atoms with Crippen molar-refractivity contribution in [3.05, 3.63) is 71.0 Å². The number of amides is 1. The molecule has 1 amide bonds. The Kier molecular flexibility index (Phi) is 7.57. The Balaban J connectivity index is 1.51. The molecule has 7 nitrogen and oxygen atoms in total. The molecular weight excluding hydrogens is 450 g/mol. The van der Waals surface area contributed by atoms with Crippen molar-refractivity contribution in [3.8, 4) is 11.5 Å². The van der Waals surface area contributed by atoms with Crippen LogP contribution in [0.2, 0.25) is 0 Å². The van der Waals surface area contributed by atoms with Gasteiger partial charge in [-0.25, -0.2) is 4.98 Å². The van der Waals surface area contributed by atoms with Gasteiger partial charge in [0.1, 0.15) is 0 Å². The van der Waals surface area contributed by atoms with Gasteiger partial charge in [-0.1, -0.05) is 49.9 Å². The summed E-state index contributed by atoms with van der Waals surface area (Å²) in [6, 6.07) is 12.9. The van der Waals surface area contributed by atoms with E-state index in [1.54, 1.807) is 22.8 Å². The fourth-order valence-electron chi connectivity index (χ4n) is 3.90. The third-order valence-corrected chi connectivity index (χ3v) is 6.56. The fraction of sp³-hybridized carbons (Fsp3) is 0.346. The van der Waals surface area contributed by atoms with E-state index in [2.05, 4.69) is 30.7 Å². The number of nitrogens with zero attached hydrogens (tertiary/aromatic N) is 2. The van der Waals surface area contributed by atoms with E-state index in [4.69, 9.17) is 9.47 Å². The summed E-state index contributed by atoms with van der Waals surface area (Å²) in [5.41, 5.74) is 1.44. The Bertz CT molecular complexity index is 1250. The number of hydrogen-bond acceptors (Lipinski definition) is 6. The number of para-hydroxylation sites is 1. The number of aromatic nitrogens is 2. The summed E-state index contributed by atoms with van der Waals surface area (Å²) in [6.07, 6.45) is 2.49. The first kappa shape index (κ1) is 23.9. The highest BCUT2D eigenvalue weighted by molar-refractivity contribution is 7.99. The lowest BCUT2D eigenvalue weighted by atomic mass is 9.95. The zero-order chi connectivity index (χ0) is 24.1. The summed E-state index contributed by atoms with van der Waals surface area (Å²) in [5.74, 6) is 1.60. The lowest BCUT2D eigenvalue weighted by Crippen LogP contribution is -2.33. The van der Waals surface area contributed by atoms with Gasteiger partial charge in [0, 0.05) is 13.0 Å². The molecule has 0 saturated heterocycles.